The summed E-state index contributed by atoms with van der Waals surface area (Å²) >= 11 is 7.61. The zero-order valence-electron chi connectivity index (χ0n) is 12.4. The predicted molar refractivity (Wildman–Crippen MR) is 89.4 cm³/mol. The highest BCUT2D eigenvalue weighted by Gasteiger charge is 2.35. The number of amides is 1. The van der Waals surface area contributed by atoms with Gasteiger partial charge in [0.05, 0.1) is 0 Å². The summed E-state index contributed by atoms with van der Waals surface area (Å²) in [6.45, 7) is 2.46. The summed E-state index contributed by atoms with van der Waals surface area (Å²) in [6, 6.07) is 9.57. The van der Waals surface area contributed by atoms with E-state index in [9.17, 15) is 4.79 Å². The van der Waals surface area contributed by atoms with Crippen LogP contribution in [0.3, 0.4) is 0 Å². The van der Waals surface area contributed by atoms with E-state index in [2.05, 4.69) is 11.4 Å². The van der Waals surface area contributed by atoms with Crippen molar-refractivity contribution in [2.24, 2.45) is 0 Å². The van der Waals surface area contributed by atoms with Crippen molar-refractivity contribution in [3.63, 3.8) is 0 Å². The highest BCUT2D eigenvalue weighted by Crippen LogP contribution is 2.30. The van der Waals surface area contributed by atoms with Gasteiger partial charge in [0.1, 0.15) is 5.75 Å². The molecule has 1 saturated carbocycles. The Bertz CT molecular complexity index is 640. The molecule has 0 aliphatic heterocycles. The maximum absolute atomic E-state index is 12.7. The van der Waals surface area contributed by atoms with Crippen molar-refractivity contribution >= 4 is 28.8 Å². The topological polar surface area (TPSA) is 29.5 Å². The molecule has 1 fully saturated rings. The highest BCUT2D eigenvalue weighted by atomic mass is 35.5. The second-order valence-electron chi connectivity index (χ2n) is 5.55. The van der Waals surface area contributed by atoms with Crippen LogP contribution in [0.5, 0.6) is 5.75 Å². The second kappa shape index (κ2) is 6.71. The number of halogens is 1. The Kier molecular flexibility index (Phi) is 4.69. The predicted octanol–water partition coefficient (Wildman–Crippen LogP) is 4.36. The lowest BCUT2D eigenvalue weighted by molar-refractivity contribution is -0.139. The van der Waals surface area contributed by atoms with Gasteiger partial charge in [-0.05, 0) is 60.4 Å². The first-order valence-corrected chi connectivity index (χ1v) is 8.69. The number of carbonyl (C=O) groups excluding carboxylic acids is 1. The van der Waals surface area contributed by atoms with E-state index >= 15 is 0 Å². The van der Waals surface area contributed by atoms with E-state index in [0.717, 1.165) is 12.8 Å². The van der Waals surface area contributed by atoms with Gasteiger partial charge in [0.15, 0.2) is 6.10 Å². The zero-order valence-corrected chi connectivity index (χ0v) is 13.9. The number of benzene rings is 1. The zero-order chi connectivity index (χ0) is 15.5. The lowest BCUT2D eigenvalue weighted by atomic mass is 10.2. The van der Waals surface area contributed by atoms with Crippen molar-refractivity contribution in [2.75, 3.05) is 0 Å². The molecule has 116 valence electrons. The fourth-order valence-electron chi connectivity index (χ4n) is 2.38. The van der Waals surface area contributed by atoms with E-state index in [4.69, 9.17) is 16.3 Å². The molecule has 0 radical (unpaired) electrons. The number of rotatable bonds is 6. The summed E-state index contributed by atoms with van der Waals surface area (Å²) in [5.74, 6) is 0.660. The smallest absolute Gasteiger partial charge is 0.263 e. The summed E-state index contributed by atoms with van der Waals surface area (Å²) in [5.41, 5.74) is 1.18. The van der Waals surface area contributed by atoms with Crippen molar-refractivity contribution in [3.8, 4) is 5.75 Å². The van der Waals surface area contributed by atoms with Crippen molar-refractivity contribution in [2.45, 2.75) is 38.5 Å². The molecule has 1 heterocycles. The Balaban J connectivity index is 1.67. The Labute approximate surface area is 139 Å². The summed E-state index contributed by atoms with van der Waals surface area (Å²) in [7, 11) is 0. The highest BCUT2D eigenvalue weighted by molar-refractivity contribution is 7.07. The summed E-state index contributed by atoms with van der Waals surface area (Å²) in [5, 5.41) is 4.73. The maximum atomic E-state index is 12.7. The minimum Gasteiger partial charge on any atom is -0.481 e. The molecule has 0 unspecified atom stereocenters. The van der Waals surface area contributed by atoms with Crippen LogP contribution in [0, 0.1) is 0 Å². The molecule has 0 bridgehead atoms. The van der Waals surface area contributed by atoms with E-state index in [1.54, 1.807) is 30.4 Å². The molecule has 0 N–H and O–H groups in total. The van der Waals surface area contributed by atoms with Crippen molar-refractivity contribution in [1.29, 1.82) is 0 Å². The van der Waals surface area contributed by atoms with Gasteiger partial charge in [-0.15, -0.1) is 0 Å². The van der Waals surface area contributed by atoms with Gasteiger partial charge in [-0.3, -0.25) is 4.79 Å². The van der Waals surface area contributed by atoms with Crippen LogP contribution in [0.15, 0.2) is 41.1 Å². The molecule has 3 nitrogen and oxygen atoms in total. The Morgan fingerprint density at radius 1 is 1.45 bits per heavy atom. The number of nitrogens with zero attached hydrogens (tertiary/aromatic N) is 1. The van der Waals surface area contributed by atoms with Gasteiger partial charge >= 0.3 is 0 Å². The van der Waals surface area contributed by atoms with Crippen LogP contribution in [-0.2, 0) is 11.3 Å². The summed E-state index contributed by atoms with van der Waals surface area (Å²) < 4.78 is 5.76. The van der Waals surface area contributed by atoms with Gasteiger partial charge in [-0.25, -0.2) is 0 Å². The standard InChI is InChI=1S/C17H18ClNO2S/c1-12(21-16-4-2-3-14(18)9-16)17(20)19(15-5-6-15)10-13-7-8-22-11-13/h2-4,7-9,11-12,15H,5-6,10H2,1H3/t12-/m0/s1. The van der Waals surface area contributed by atoms with Crippen molar-refractivity contribution in [1.82, 2.24) is 4.90 Å². The molecule has 5 heteroatoms. The molecule has 1 atom stereocenters. The fourth-order valence-corrected chi connectivity index (χ4v) is 3.22. The number of ether oxygens (including phenoxy) is 1. The first-order valence-electron chi connectivity index (χ1n) is 7.37. The van der Waals surface area contributed by atoms with Crippen LogP contribution in [-0.4, -0.2) is 23.0 Å². The summed E-state index contributed by atoms with van der Waals surface area (Å²) in [4.78, 5) is 14.7. The van der Waals surface area contributed by atoms with Crippen LogP contribution in [0.2, 0.25) is 5.02 Å². The molecular weight excluding hydrogens is 318 g/mol. The third-order valence-electron chi connectivity index (χ3n) is 3.66. The molecule has 1 aliphatic carbocycles. The van der Waals surface area contributed by atoms with Gasteiger partial charge in [-0.2, -0.15) is 11.3 Å². The summed E-state index contributed by atoms with van der Waals surface area (Å²) in [6.07, 6.45) is 1.65. The number of thiophene rings is 1. The lowest BCUT2D eigenvalue weighted by Gasteiger charge is -2.26. The molecule has 2 aromatic rings. The molecule has 22 heavy (non-hydrogen) atoms. The first kappa shape index (κ1) is 15.4. The van der Waals surface area contributed by atoms with Crippen molar-refractivity contribution < 1.29 is 9.53 Å². The maximum Gasteiger partial charge on any atom is 0.263 e. The normalized spacial score (nSPS) is 15.4. The second-order valence-corrected chi connectivity index (χ2v) is 6.76. The lowest BCUT2D eigenvalue weighted by Crippen LogP contribution is -2.41. The number of hydrogen-bond acceptors (Lipinski definition) is 3. The minimum atomic E-state index is -0.516. The number of hydrogen-bond donors (Lipinski definition) is 0. The molecule has 1 aromatic carbocycles. The Morgan fingerprint density at radius 3 is 2.91 bits per heavy atom. The third-order valence-corrected chi connectivity index (χ3v) is 4.63. The van der Waals surface area contributed by atoms with Crippen LogP contribution >= 0.6 is 22.9 Å². The Morgan fingerprint density at radius 2 is 2.27 bits per heavy atom. The SMILES string of the molecule is C[C@H](Oc1cccc(Cl)c1)C(=O)N(Cc1ccsc1)C1CC1. The van der Waals surface area contributed by atoms with E-state index in [1.165, 1.54) is 5.56 Å². The minimum absolute atomic E-state index is 0.0358. The van der Waals surface area contributed by atoms with Gasteiger partial charge < -0.3 is 9.64 Å². The molecule has 0 saturated heterocycles. The average Bonchev–Trinajstić information content (AvgIpc) is 3.20. The molecule has 1 amide bonds. The molecule has 1 aliphatic rings. The van der Waals surface area contributed by atoms with E-state index in [0.29, 0.717) is 23.4 Å². The van der Waals surface area contributed by atoms with Crippen LogP contribution in [0.4, 0.5) is 0 Å². The quantitative estimate of drug-likeness (QED) is 0.785. The average molecular weight is 336 g/mol. The Hall–Kier alpha value is -1.52. The molecule has 0 spiro atoms. The van der Waals surface area contributed by atoms with Gasteiger partial charge in [0.2, 0.25) is 0 Å². The largest absolute Gasteiger partial charge is 0.481 e. The first-order chi connectivity index (χ1) is 10.6. The van der Waals surface area contributed by atoms with Gasteiger partial charge in [0, 0.05) is 17.6 Å². The van der Waals surface area contributed by atoms with Crippen LogP contribution < -0.4 is 4.74 Å². The molecular formula is C17H18ClNO2S. The van der Waals surface area contributed by atoms with Crippen LogP contribution in [0.25, 0.3) is 0 Å². The third kappa shape index (κ3) is 3.81. The van der Waals surface area contributed by atoms with E-state index < -0.39 is 6.10 Å². The van der Waals surface area contributed by atoms with E-state index in [-0.39, 0.29) is 5.91 Å². The fraction of sp³-hybridized carbons (Fsp3) is 0.353. The van der Waals surface area contributed by atoms with Gasteiger partial charge in [-0.1, -0.05) is 17.7 Å². The van der Waals surface area contributed by atoms with Crippen molar-refractivity contribution in [3.05, 3.63) is 51.7 Å². The van der Waals surface area contributed by atoms with E-state index in [1.807, 2.05) is 22.4 Å². The molecule has 1 aromatic heterocycles. The molecule has 3 rings (SSSR count). The van der Waals surface area contributed by atoms with Crippen LogP contribution in [0.1, 0.15) is 25.3 Å². The number of carbonyl (C=O) groups is 1. The monoisotopic (exact) mass is 335 g/mol. The van der Waals surface area contributed by atoms with Gasteiger partial charge in [0.25, 0.3) is 5.91 Å².